The number of nitrogens with two attached hydrogens (primary N) is 1. The van der Waals surface area contributed by atoms with Gasteiger partial charge in [0.15, 0.2) is 0 Å². The largest absolute Gasteiger partial charge is 0.383 e. The number of H-pyrrole nitrogens is 1. The summed E-state index contributed by atoms with van der Waals surface area (Å²) in [5, 5.41) is 0. The summed E-state index contributed by atoms with van der Waals surface area (Å²) in [6, 6.07) is 1.21. The molecule has 0 aromatic carbocycles. The molecule has 0 fully saturated rings. The monoisotopic (exact) mass is 366 g/mol. The second-order valence-corrected chi connectivity index (χ2v) is 7.20. The number of aromatic nitrogens is 2. The molecular formula is C20H38N4O2. The van der Waals surface area contributed by atoms with E-state index in [0.29, 0.717) is 6.54 Å². The van der Waals surface area contributed by atoms with Gasteiger partial charge in [0.2, 0.25) is 0 Å². The van der Waals surface area contributed by atoms with Crippen LogP contribution in [-0.4, -0.2) is 16.2 Å². The van der Waals surface area contributed by atoms with Gasteiger partial charge in [0.1, 0.15) is 5.82 Å². The Kier molecular flexibility index (Phi) is 12.4. The van der Waals surface area contributed by atoms with Crippen LogP contribution < -0.4 is 22.4 Å². The summed E-state index contributed by atoms with van der Waals surface area (Å²) in [6.07, 6.45) is 18.5. The first kappa shape index (κ1) is 22.3. The van der Waals surface area contributed by atoms with Gasteiger partial charge in [-0.2, -0.15) is 4.68 Å². The third-order valence-corrected chi connectivity index (χ3v) is 4.77. The summed E-state index contributed by atoms with van der Waals surface area (Å²) in [7, 11) is 0. The van der Waals surface area contributed by atoms with E-state index in [2.05, 4.69) is 17.3 Å². The third-order valence-electron chi connectivity index (χ3n) is 4.77. The fourth-order valence-corrected chi connectivity index (χ4v) is 3.19. The molecule has 0 saturated carbocycles. The number of aromatic amines is 1. The summed E-state index contributed by atoms with van der Waals surface area (Å²) >= 11 is 0. The van der Waals surface area contributed by atoms with Crippen molar-refractivity contribution in [3.05, 3.63) is 26.9 Å². The van der Waals surface area contributed by atoms with Crippen molar-refractivity contribution in [1.29, 1.82) is 0 Å². The van der Waals surface area contributed by atoms with E-state index < -0.39 is 11.2 Å². The van der Waals surface area contributed by atoms with Crippen LogP contribution in [0.25, 0.3) is 0 Å². The van der Waals surface area contributed by atoms with E-state index in [9.17, 15) is 9.59 Å². The predicted octanol–water partition coefficient (Wildman–Crippen LogP) is 4.14. The molecule has 0 saturated heterocycles. The second kappa shape index (κ2) is 14.4. The van der Waals surface area contributed by atoms with Crippen LogP contribution >= 0.6 is 0 Å². The molecule has 0 unspecified atom stereocenters. The lowest BCUT2D eigenvalue weighted by Crippen LogP contribution is -2.37. The van der Waals surface area contributed by atoms with E-state index in [4.69, 9.17) is 5.73 Å². The second-order valence-electron chi connectivity index (χ2n) is 7.20. The van der Waals surface area contributed by atoms with Crippen LogP contribution in [0.3, 0.4) is 0 Å². The molecule has 150 valence electrons. The minimum atomic E-state index is -0.514. The van der Waals surface area contributed by atoms with Crippen LogP contribution in [0, 0.1) is 0 Å². The van der Waals surface area contributed by atoms with Crippen molar-refractivity contribution in [2.75, 3.05) is 17.7 Å². The summed E-state index contributed by atoms with van der Waals surface area (Å²) in [6.45, 7) is 2.94. The quantitative estimate of drug-likeness (QED) is 0.383. The maximum absolute atomic E-state index is 11.6. The number of unbranched alkanes of at least 4 members (excludes halogenated alkanes) is 13. The summed E-state index contributed by atoms with van der Waals surface area (Å²) in [4.78, 5) is 24.9. The van der Waals surface area contributed by atoms with Gasteiger partial charge < -0.3 is 11.2 Å². The molecule has 4 N–H and O–H groups in total. The number of hydrogen-bond donors (Lipinski definition) is 3. The van der Waals surface area contributed by atoms with Gasteiger partial charge in [0.25, 0.3) is 5.56 Å². The molecule has 0 bridgehead atoms. The minimum absolute atomic E-state index is 0.143. The average molecular weight is 367 g/mol. The molecule has 26 heavy (non-hydrogen) atoms. The summed E-state index contributed by atoms with van der Waals surface area (Å²) in [5.41, 5.74) is 7.64. The minimum Gasteiger partial charge on any atom is -0.383 e. The molecule has 0 aliphatic heterocycles. The molecule has 1 rings (SSSR count). The van der Waals surface area contributed by atoms with Crippen molar-refractivity contribution < 1.29 is 0 Å². The van der Waals surface area contributed by atoms with Gasteiger partial charge in [-0.15, -0.1) is 0 Å². The van der Waals surface area contributed by atoms with Gasteiger partial charge in [-0.3, -0.25) is 9.78 Å². The molecule has 0 aliphatic rings. The fourth-order valence-electron chi connectivity index (χ4n) is 3.19. The number of nitrogens with one attached hydrogen (secondary N) is 2. The van der Waals surface area contributed by atoms with Crippen molar-refractivity contribution in [1.82, 2.24) is 9.66 Å². The highest BCUT2D eigenvalue weighted by Crippen LogP contribution is 2.12. The lowest BCUT2D eigenvalue weighted by atomic mass is 10.0. The van der Waals surface area contributed by atoms with E-state index in [-0.39, 0.29) is 5.82 Å². The fraction of sp³-hybridized carbons (Fsp3) is 0.800. The Morgan fingerprint density at radius 1 is 0.846 bits per heavy atom. The number of hydrogen-bond acceptors (Lipinski definition) is 4. The zero-order chi connectivity index (χ0) is 19.0. The van der Waals surface area contributed by atoms with E-state index in [1.165, 1.54) is 87.8 Å². The van der Waals surface area contributed by atoms with Crippen LogP contribution in [0.1, 0.15) is 96.8 Å². The highest BCUT2D eigenvalue weighted by Gasteiger charge is 2.01. The first-order valence-corrected chi connectivity index (χ1v) is 10.5. The lowest BCUT2D eigenvalue weighted by molar-refractivity contribution is 0.536. The van der Waals surface area contributed by atoms with Crippen LogP contribution in [-0.2, 0) is 0 Å². The average Bonchev–Trinajstić information content (AvgIpc) is 2.60. The van der Waals surface area contributed by atoms with Gasteiger partial charge in [0, 0.05) is 12.6 Å². The zero-order valence-corrected chi connectivity index (χ0v) is 16.5. The molecule has 1 heterocycles. The SMILES string of the molecule is CCCCCCCCCCCCCCCCNn1c(N)cc(=O)[nH]c1=O. The first-order chi connectivity index (χ1) is 12.6. The maximum Gasteiger partial charge on any atom is 0.348 e. The Balaban J connectivity index is 1.90. The van der Waals surface area contributed by atoms with Crippen molar-refractivity contribution >= 4 is 5.82 Å². The Bertz CT molecular complexity index is 580. The number of anilines is 1. The van der Waals surface area contributed by atoms with Gasteiger partial charge >= 0.3 is 5.69 Å². The van der Waals surface area contributed by atoms with E-state index >= 15 is 0 Å². The van der Waals surface area contributed by atoms with Crippen LogP contribution in [0.5, 0.6) is 0 Å². The third kappa shape index (κ3) is 10.3. The van der Waals surface area contributed by atoms with Gasteiger partial charge in [-0.1, -0.05) is 90.4 Å². The molecular weight excluding hydrogens is 328 g/mol. The molecule has 0 spiro atoms. The van der Waals surface area contributed by atoms with Crippen molar-refractivity contribution in [2.24, 2.45) is 0 Å². The lowest BCUT2D eigenvalue weighted by Gasteiger charge is -2.10. The van der Waals surface area contributed by atoms with Crippen molar-refractivity contribution in [3.8, 4) is 0 Å². The highest BCUT2D eigenvalue weighted by atomic mass is 16.2. The number of nitrogens with zero attached hydrogens (tertiary/aromatic N) is 1. The van der Waals surface area contributed by atoms with E-state index in [1.54, 1.807) is 0 Å². The van der Waals surface area contributed by atoms with Crippen LogP contribution in [0.15, 0.2) is 15.7 Å². The molecule has 0 aliphatic carbocycles. The molecule has 0 amide bonds. The summed E-state index contributed by atoms with van der Waals surface area (Å²) in [5.74, 6) is 0.143. The Morgan fingerprint density at radius 2 is 1.31 bits per heavy atom. The topological polar surface area (TPSA) is 92.9 Å². The summed E-state index contributed by atoms with van der Waals surface area (Å²) < 4.78 is 1.20. The number of rotatable bonds is 16. The Morgan fingerprint density at radius 3 is 1.77 bits per heavy atom. The molecule has 0 radical (unpaired) electrons. The standard InChI is InChI=1S/C20H38N4O2/c1-2-3-4-5-6-7-8-9-10-11-12-13-14-15-16-22-24-18(21)17-19(25)23-20(24)26/h17,22H,2-16,21H2,1H3,(H,23,25,26). The van der Waals surface area contributed by atoms with Crippen LogP contribution in [0.4, 0.5) is 5.82 Å². The first-order valence-electron chi connectivity index (χ1n) is 10.5. The van der Waals surface area contributed by atoms with E-state index in [0.717, 1.165) is 12.8 Å². The number of nitrogen functional groups attached to an aromatic ring is 1. The maximum atomic E-state index is 11.6. The molecule has 0 atom stereocenters. The Hall–Kier alpha value is -1.72. The van der Waals surface area contributed by atoms with Gasteiger partial charge in [0.05, 0.1) is 0 Å². The van der Waals surface area contributed by atoms with Gasteiger partial charge in [-0.05, 0) is 6.42 Å². The molecule has 6 heteroatoms. The molecule has 6 nitrogen and oxygen atoms in total. The van der Waals surface area contributed by atoms with Crippen LogP contribution in [0.2, 0.25) is 0 Å². The van der Waals surface area contributed by atoms with Gasteiger partial charge in [-0.25, -0.2) is 4.79 Å². The molecule has 1 aromatic rings. The van der Waals surface area contributed by atoms with Crippen molar-refractivity contribution in [3.63, 3.8) is 0 Å². The smallest absolute Gasteiger partial charge is 0.348 e. The normalized spacial score (nSPS) is 11.0. The predicted molar refractivity (Wildman–Crippen MR) is 110 cm³/mol. The zero-order valence-electron chi connectivity index (χ0n) is 16.5. The van der Waals surface area contributed by atoms with Crippen molar-refractivity contribution in [2.45, 2.75) is 96.8 Å². The van der Waals surface area contributed by atoms with E-state index in [1.807, 2.05) is 0 Å². The Labute approximate surface area is 157 Å². The highest BCUT2D eigenvalue weighted by molar-refractivity contribution is 5.27. The molecule has 1 aromatic heterocycles.